The lowest BCUT2D eigenvalue weighted by atomic mass is 10.1. The zero-order valence-corrected chi connectivity index (χ0v) is 12.1. The Balaban J connectivity index is 2.29. The van der Waals surface area contributed by atoms with Crippen LogP contribution in [0.5, 0.6) is 0 Å². The molecule has 0 aliphatic carbocycles. The van der Waals surface area contributed by atoms with Crippen LogP contribution in [0.4, 0.5) is 4.79 Å². The monoisotopic (exact) mass is 294 g/mol. The summed E-state index contributed by atoms with van der Waals surface area (Å²) in [5.74, 6) is -0.127. The van der Waals surface area contributed by atoms with Gasteiger partial charge in [0.2, 0.25) is 0 Å². The van der Waals surface area contributed by atoms with Crippen LogP contribution in [0.3, 0.4) is 0 Å². The molecule has 0 aliphatic rings. The van der Waals surface area contributed by atoms with Crippen LogP contribution in [-0.4, -0.2) is 45.3 Å². The molecule has 0 aliphatic heterocycles. The van der Waals surface area contributed by atoms with Crippen LogP contribution < -0.4 is 21.7 Å². The van der Waals surface area contributed by atoms with Crippen LogP contribution in [0.15, 0.2) is 24.3 Å². The second kappa shape index (κ2) is 9.73. The third-order valence-electron chi connectivity index (χ3n) is 2.75. The Morgan fingerprint density at radius 2 is 1.81 bits per heavy atom. The topological polar surface area (TPSA) is 105 Å². The van der Waals surface area contributed by atoms with Gasteiger partial charge in [0, 0.05) is 38.9 Å². The Morgan fingerprint density at radius 3 is 2.43 bits per heavy atom. The van der Waals surface area contributed by atoms with E-state index in [2.05, 4.69) is 16.0 Å². The van der Waals surface area contributed by atoms with Gasteiger partial charge in [-0.05, 0) is 17.7 Å². The van der Waals surface area contributed by atoms with Gasteiger partial charge in [-0.3, -0.25) is 4.79 Å². The van der Waals surface area contributed by atoms with Gasteiger partial charge >= 0.3 is 6.03 Å². The Kier molecular flexibility index (Phi) is 7.85. The molecule has 21 heavy (non-hydrogen) atoms. The van der Waals surface area contributed by atoms with Crippen molar-refractivity contribution in [2.24, 2.45) is 5.73 Å². The molecule has 7 heteroatoms. The van der Waals surface area contributed by atoms with Crippen molar-refractivity contribution in [1.82, 2.24) is 16.0 Å². The predicted octanol–water partition coefficient (Wildman–Crippen LogP) is -0.179. The number of nitrogens with two attached hydrogens (primary N) is 1. The van der Waals surface area contributed by atoms with E-state index in [9.17, 15) is 9.59 Å². The van der Waals surface area contributed by atoms with Crippen LogP contribution >= 0.6 is 0 Å². The van der Waals surface area contributed by atoms with Crippen LogP contribution in [0.2, 0.25) is 0 Å². The number of carbonyl (C=O) groups is 2. The minimum absolute atomic E-state index is 0.127. The molecule has 0 bridgehead atoms. The van der Waals surface area contributed by atoms with Crippen LogP contribution in [0, 0.1) is 0 Å². The third kappa shape index (κ3) is 7.28. The highest BCUT2D eigenvalue weighted by molar-refractivity contribution is 5.94. The highest BCUT2D eigenvalue weighted by Crippen LogP contribution is 2.04. The summed E-state index contributed by atoms with van der Waals surface area (Å²) in [6.45, 7) is 2.99. The largest absolute Gasteiger partial charge is 0.383 e. The molecule has 0 heterocycles. The molecule has 1 aromatic rings. The van der Waals surface area contributed by atoms with E-state index in [-0.39, 0.29) is 5.91 Å². The van der Waals surface area contributed by atoms with Crippen molar-refractivity contribution in [3.63, 3.8) is 0 Å². The van der Waals surface area contributed by atoms with Crippen LogP contribution in [0.25, 0.3) is 0 Å². The number of carbonyl (C=O) groups excluding carboxylic acids is 2. The van der Waals surface area contributed by atoms with Crippen LogP contribution in [-0.2, 0) is 11.3 Å². The molecule has 0 unspecified atom stereocenters. The highest BCUT2D eigenvalue weighted by atomic mass is 16.5. The molecule has 7 nitrogen and oxygen atoms in total. The molecule has 1 aromatic carbocycles. The normalized spacial score (nSPS) is 10.1. The molecule has 0 saturated heterocycles. The molecular weight excluding hydrogens is 272 g/mol. The summed E-state index contributed by atoms with van der Waals surface area (Å²) in [5.41, 5.74) is 6.45. The predicted molar refractivity (Wildman–Crippen MR) is 79.9 cm³/mol. The quantitative estimate of drug-likeness (QED) is 0.474. The van der Waals surface area contributed by atoms with E-state index < -0.39 is 6.03 Å². The summed E-state index contributed by atoms with van der Waals surface area (Å²) in [6.07, 6.45) is 0. The number of nitrogens with one attached hydrogen (secondary N) is 3. The number of benzene rings is 1. The first-order valence-corrected chi connectivity index (χ1v) is 6.73. The summed E-state index contributed by atoms with van der Waals surface area (Å²) in [6, 6.07) is 6.42. The number of hydrogen-bond donors (Lipinski definition) is 4. The van der Waals surface area contributed by atoms with E-state index >= 15 is 0 Å². The van der Waals surface area contributed by atoms with Gasteiger partial charge in [0.1, 0.15) is 0 Å². The van der Waals surface area contributed by atoms with Crippen molar-refractivity contribution in [2.45, 2.75) is 6.54 Å². The Labute approximate surface area is 124 Å². The summed E-state index contributed by atoms with van der Waals surface area (Å²) >= 11 is 0. The van der Waals surface area contributed by atoms with E-state index in [4.69, 9.17) is 10.5 Å². The number of rotatable bonds is 9. The van der Waals surface area contributed by atoms with E-state index in [1.807, 2.05) is 0 Å². The van der Waals surface area contributed by atoms with Crippen molar-refractivity contribution in [2.75, 3.05) is 33.4 Å². The van der Waals surface area contributed by atoms with Gasteiger partial charge in [-0.15, -0.1) is 0 Å². The van der Waals surface area contributed by atoms with E-state index in [0.29, 0.717) is 31.8 Å². The average molecular weight is 294 g/mol. The number of urea groups is 1. The lowest BCUT2D eigenvalue weighted by molar-refractivity contribution is 0.0953. The molecule has 0 saturated carbocycles. The third-order valence-corrected chi connectivity index (χ3v) is 2.75. The van der Waals surface area contributed by atoms with Gasteiger partial charge in [0.05, 0.1) is 6.61 Å². The molecule has 3 amide bonds. The second-order valence-electron chi connectivity index (χ2n) is 4.41. The molecule has 5 N–H and O–H groups in total. The van der Waals surface area contributed by atoms with Gasteiger partial charge in [-0.25, -0.2) is 4.79 Å². The summed E-state index contributed by atoms with van der Waals surface area (Å²) in [7, 11) is 1.64. The van der Waals surface area contributed by atoms with E-state index in [1.165, 1.54) is 0 Å². The number of primary amides is 1. The number of amides is 3. The summed E-state index contributed by atoms with van der Waals surface area (Å²) < 4.78 is 4.90. The highest BCUT2D eigenvalue weighted by Gasteiger charge is 2.04. The molecule has 0 aromatic heterocycles. The number of hydrogen-bond acceptors (Lipinski definition) is 4. The van der Waals surface area contributed by atoms with Crippen molar-refractivity contribution in [3.05, 3.63) is 35.4 Å². The zero-order chi connectivity index (χ0) is 15.5. The van der Waals surface area contributed by atoms with E-state index in [0.717, 1.165) is 12.1 Å². The lowest BCUT2D eigenvalue weighted by Gasteiger charge is -2.07. The number of methoxy groups -OCH3 is 1. The molecule has 0 radical (unpaired) electrons. The van der Waals surface area contributed by atoms with Gasteiger partial charge in [0.15, 0.2) is 0 Å². The molecule has 0 fully saturated rings. The fourth-order valence-corrected chi connectivity index (χ4v) is 1.63. The Hall–Kier alpha value is -2.12. The maximum absolute atomic E-state index is 11.9. The summed E-state index contributed by atoms with van der Waals surface area (Å²) in [4.78, 5) is 22.5. The molecule has 116 valence electrons. The minimum atomic E-state index is -0.571. The first kappa shape index (κ1) is 16.9. The smallest absolute Gasteiger partial charge is 0.312 e. The van der Waals surface area contributed by atoms with Crippen molar-refractivity contribution < 1.29 is 14.3 Å². The Bertz CT molecular complexity index is 448. The molecule has 0 spiro atoms. The SMILES string of the molecule is COCCNCCNC(=O)c1ccc(CNC(N)=O)cc1. The first-order valence-electron chi connectivity index (χ1n) is 6.73. The second-order valence-corrected chi connectivity index (χ2v) is 4.41. The standard InChI is InChI=1S/C14H22N4O3/c1-21-9-8-16-6-7-17-13(19)12-4-2-11(3-5-12)10-18-14(15)20/h2-5,16H,6-10H2,1H3,(H,17,19)(H3,15,18,20). The fourth-order valence-electron chi connectivity index (χ4n) is 1.63. The van der Waals surface area contributed by atoms with Gasteiger partial charge < -0.3 is 26.4 Å². The number of ether oxygens (including phenoxy) is 1. The Morgan fingerprint density at radius 1 is 1.10 bits per heavy atom. The molecule has 0 atom stereocenters. The maximum atomic E-state index is 11.9. The molecular formula is C14H22N4O3. The van der Waals surface area contributed by atoms with Gasteiger partial charge in [0.25, 0.3) is 5.91 Å². The zero-order valence-electron chi connectivity index (χ0n) is 12.1. The van der Waals surface area contributed by atoms with Gasteiger partial charge in [-0.1, -0.05) is 12.1 Å². The maximum Gasteiger partial charge on any atom is 0.312 e. The first-order chi connectivity index (χ1) is 10.1. The van der Waals surface area contributed by atoms with Crippen molar-refractivity contribution in [1.29, 1.82) is 0 Å². The van der Waals surface area contributed by atoms with Gasteiger partial charge in [-0.2, -0.15) is 0 Å². The lowest BCUT2D eigenvalue weighted by Crippen LogP contribution is -2.33. The minimum Gasteiger partial charge on any atom is -0.383 e. The summed E-state index contributed by atoms with van der Waals surface area (Å²) in [5, 5.41) is 8.44. The van der Waals surface area contributed by atoms with Crippen molar-refractivity contribution in [3.8, 4) is 0 Å². The average Bonchev–Trinajstić information content (AvgIpc) is 2.49. The van der Waals surface area contributed by atoms with E-state index in [1.54, 1.807) is 31.4 Å². The molecule has 1 rings (SSSR count). The fraction of sp³-hybridized carbons (Fsp3) is 0.429. The van der Waals surface area contributed by atoms with Crippen molar-refractivity contribution >= 4 is 11.9 Å². The van der Waals surface area contributed by atoms with Crippen LogP contribution in [0.1, 0.15) is 15.9 Å².